The summed E-state index contributed by atoms with van der Waals surface area (Å²) >= 11 is 0. The van der Waals surface area contributed by atoms with E-state index in [0.29, 0.717) is 23.5 Å². The number of rotatable bonds is 8. The Morgan fingerprint density at radius 1 is 0.395 bits per heavy atom. The van der Waals surface area contributed by atoms with Crippen LogP contribution in [0.5, 0.6) is 0 Å². The van der Waals surface area contributed by atoms with Crippen LogP contribution in [0.25, 0.3) is 0 Å². The molecule has 4 heteroatoms. The minimum absolute atomic E-state index is 0.514. The van der Waals surface area contributed by atoms with Crippen molar-refractivity contribution in [3.05, 3.63) is 156 Å². The maximum Gasteiger partial charge on any atom is 0.101 e. The summed E-state index contributed by atoms with van der Waals surface area (Å²) in [5.41, 5.74) is 2.91. The minimum Gasteiger partial charge on any atom is -0.192 e. The zero-order chi connectivity index (χ0) is 26.2. The van der Waals surface area contributed by atoms with Crippen LogP contribution >= 0.6 is 15.8 Å². The predicted octanol–water partition coefficient (Wildman–Crippen LogP) is 6.70. The van der Waals surface area contributed by atoms with Gasteiger partial charge in [0, 0.05) is 12.3 Å². The van der Waals surface area contributed by atoms with Crippen LogP contribution in [0.3, 0.4) is 0 Å². The molecular formula is C34H26N2P2. The molecule has 0 N–H and O–H groups in total. The van der Waals surface area contributed by atoms with Gasteiger partial charge in [-0.1, -0.05) is 133 Å². The van der Waals surface area contributed by atoms with Gasteiger partial charge in [0.2, 0.25) is 0 Å². The van der Waals surface area contributed by atoms with Crippen molar-refractivity contribution in [2.45, 2.75) is 12.3 Å². The second-order valence-corrected chi connectivity index (χ2v) is 13.3. The molecule has 0 heterocycles. The maximum atomic E-state index is 10.3. The van der Waals surface area contributed by atoms with E-state index in [0.717, 1.165) is 11.1 Å². The third kappa shape index (κ3) is 5.75. The average molecular weight is 525 g/mol. The summed E-state index contributed by atoms with van der Waals surface area (Å²) in [5, 5.41) is 25.6. The maximum absolute atomic E-state index is 10.3. The highest BCUT2D eigenvalue weighted by Crippen LogP contribution is 2.42. The average Bonchev–Trinajstić information content (AvgIpc) is 3.00. The van der Waals surface area contributed by atoms with E-state index in [-0.39, 0.29) is 0 Å². The second-order valence-electron chi connectivity index (χ2n) is 8.87. The topological polar surface area (TPSA) is 47.6 Å². The van der Waals surface area contributed by atoms with E-state index >= 15 is 0 Å². The zero-order valence-electron chi connectivity index (χ0n) is 20.9. The van der Waals surface area contributed by atoms with Crippen molar-refractivity contribution in [3.8, 4) is 12.1 Å². The predicted molar refractivity (Wildman–Crippen MR) is 161 cm³/mol. The number of benzene rings is 5. The fraction of sp³-hybridized carbons (Fsp3) is 0.0588. The van der Waals surface area contributed by atoms with Crippen molar-refractivity contribution >= 4 is 37.1 Å². The van der Waals surface area contributed by atoms with E-state index in [1.807, 2.05) is 24.3 Å². The molecule has 0 aliphatic heterocycles. The van der Waals surface area contributed by atoms with Crippen molar-refractivity contribution < 1.29 is 0 Å². The van der Waals surface area contributed by atoms with Crippen molar-refractivity contribution in [1.82, 2.24) is 0 Å². The molecule has 0 saturated carbocycles. The van der Waals surface area contributed by atoms with Gasteiger partial charge in [0.15, 0.2) is 0 Å². The first-order valence-electron chi connectivity index (χ1n) is 12.5. The molecule has 0 radical (unpaired) electrons. The molecule has 0 bridgehead atoms. The molecule has 0 saturated heterocycles. The fourth-order valence-corrected chi connectivity index (χ4v) is 9.31. The number of nitriles is 2. The third-order valence-electron chi connectivity index (χ3n) is 6.53. The summed E-state index contributed by atoms with van der Waals surface area (Å²) in [6.07, 6.45) is 1.43. The molecule has 0 aliphatic carbocycles. The van der Waals surface area contributed by atoms with Crippen LogP contribution in [0.1, 0.15) is 22.3 Å². The van der Waals surface area contributed by atoms with Crippen molar-refractivity contribution in [1.29, 1.82) is 10.5 Å². The summed E-state index contributed by atoms with van der Waals surface area (Å²) in [6, 6.07) is 51.0. The Balaban J connectivity index is 1.55. The molecule has 2 nitrogen and oxygen atoms in total. The first-order chi connectivity index (χ1) is 18.8. The minimum atomic E-state index is -0.722. The molecule has 0 fully saturated rings. The molecule has 5 rings (SSSR count). The lowest BCUT2D eigenvalue weighted by molar-refractivity contribution is 1.26. The van der Waals surface area contributed by atoms with Crippen LogP contribution in [0.15, 0.2) is 133 Å². The molecule has 0 spiro atoms. The van der Waals surface area contributed by atoms with Gasteiger partial charge in [0.1, 0.15) is 12.1 Å². The Morgan fingerprint density at radius 2 is 0.658 bits per heavy atom. The first kappa shape index (κ1) is 25.6. The normalized spacial score (nSPS) is 10.7. The Labute approximate surface area is 227 Å². The summed E-state index contributed by atoms with van der Waals surface area (Å²) in [4.78, 5) is 0. The molecule has 0 aliphatic rings. The van der Waals surface area contributed by atoms with E-state index < -0.39 is 15.8 Å². The van der Waals surface area contributed by atoms with E-state index in [9.17, 15) is 10.5 Å². The Hall–Kier alpha value is -4.06. The number of hydrogen-bond donors (Lipinski definition) is 0. The van der Waals surface area contributed by atoms with Gasteiger partial charge in [-0.2, -0.15) is 10.5 Å². The van der Waals surface area contributed by atoms with Crippen LogP contribution in [0, 0.1) is 22.7 Å². The van der Waals surface area contributed by atoms with Crippen molar-refractivity contribution in [2.24, 2.45) is 0 Å². The smallest absolute Gasteiger partial charge is 0.101 e. The van der Waals surface area contributed by atoms with Crippen molar-refractivity contribution in [2.75, 3.05) is 0 Å². The van der Waals surface area contributed by atoms with E-state index in [1.165, 1.54) is 21.2 Å². The number of hydrogen-bond acceptors (Lipinski definition) is 2. The van der Waals surface area contributed by atoms with Crippen LogP contribution in [-0.4, -0.2) is 0 Å². The van der Waals surface area contributed by atoms with E-state index in [1.54, 1.807) is 0 Å². The summed E-state index contributed by atoms with van der Waals surface area (Å²) in [6.45, 7) is 0. The van der Waals surface area contributed by atoms with Crippen LogP contribution in [-0.2, 0) is 12.3 Å². The Bertz CT molecular complexity index is 1370. The molecule has 5 aromatic carbocycles. The Kier molecular flexibility index (Phi) is 8.39. The summed E-state index contributed by atoms with van der Waals surface area (Å²) < 4.78 is 0. The van der Waals surface area contributed by atoms with E-state index in [2.05, 4.69) is 121 Å². The Morgan fingerprint density at radius 3 is 0.895 bits per heavy atom. The van der Waals surface area contributed by atoms with Gasteiger partial charge in [-0.05, 0) is 48.2 Å². The van der Waals surface area contributed by atoms with Crippen LogP contribution < -0.4 is 21.2 Å². The number of nitrogens with zero attached hydrogens (tertiary/aromatic N) is 2. The van der Waals surface area contributed by atoms with E-state index in [4.69, 9.17) is 0 Å². The fourth-order valence-electron chi connectivity index (χ4n) is 4.64. The highest BCUT2D eigenvalue weighted by molar-refractivity contribution is 7.72. The van der Waals surface area contributed by atoms with Crippen molar-refractivity contribution in [3.63, 3.8) is 0 Å². The second kappa shape index (κ2) is 12.5. The lowest BCUT2D eigenvalue weighted by Crippen LogP contribution is -2.15. The lowest BCUT2D eigenvalue weighted by atomic mass is 9.99. The van der Waals surface area contributed by atoms with Gasteiger partial charge < -0.3 is 0 Å². The van der Waals surface area contributed by atoms with Gasteiger partial charge in [0.05, 0.1) is 11.1 Å². The molecule has 0 unspecified atom stereocenters. The summed E-state index contributed by atoms with van der Waals surface area (Å²) in [5.74, 6) is 0. The molecule has 38 heavy (non-hydrogen) atoms. The molecule has 5 aromatic rings. The van der Waals surface area contributed by atoms with Gasteiger partial charge in [-0.25, -0.2) is 0 Å². The van der Waals surface area contributed by atoms with Crippen LogP contribution in [0.4, 0.5) is 0 Å². The lowest BCUT2D eigenvalue weighted by Gasteiger charge is -2.22. The zero-order valence-corrected chi connectivity index (χ0v) is 22.7. The van der Waals surface area contributed by atoms with Crippen LogP contribution in [0.2, 0.25) is 0 Å². The van der Waals surface area contributed by atoms with Gasteiger partial charge in [-0.15, -0.1) is 0 Å². The SMILES string of the molecule is N#Cc1c(CP(c2ccccc2)c2ccccc2)ccc(CP(c2ccccc2)c2ccccc2)c1C#N. The monoisotopic (exact) mass is 524 g/mol. The molecular weight excluding hydrogens is 498 g/mol. The van der Waals surface area contributed by atoms with Gasteiger partial charge >= 0.3 is 0 Å². The summed E-state index contributed by atoms with van der Waals surface area (Å²) in [7, 11) is -1.44. The molecule has 0 atom stereocenters. The molecule has 182 valence electrons. The standard InChI is InChI=1S/C34H26N2P2/c35-23-33-27(25-37(29-13-5-1-6-14-29)30-15-7-2-8-16-30)21-22-28(34(33)24-36)26-38(31-17-9-3-10-18-31)32-19-11-4-12-20-32/h1-22H,25-26H2. The molecule has 0 aromatic heterocycles. The molecule has 0 amide bonds. The highest BCUT2D eigenvalue weighted by Gasteiger charge is 2.22. The first-order valence-corrected chi connectivity index (χ1v) is 15.5. The highest BCUT2D eigenvalue weighted by atomic mass is 31.1. The third-order valence-corrected chi connectivity index (χ3v) is 11.5. The largest absolute Gasteiger partial charge is 0.192 e. The quantitative estimate of drug-likeness (QED) is 0.212. The van der Waals surface area contributed by atoms with Gasteiger partial charge in [-0.3, -0.25) is 0 Å². The van der Waals surface area contributed by atoms with Gasteiger partial charge in [0.25, 0.3) is 0 Å².